The smallest absolute Gasteiger partial charge is 0.132 e. The first kappa shape index (κ1) is 21.2. The van der Waals surface area contributed by atoms with Crippen molar-refractivity contribution in [2.75, 3.05) is 44.4 Å². The van der Waals surface area contributed by atoms with Gasteiger partial charge in [-0.1, -0.05) is 18.2 Å². The van der Waals surface area contributed by atoms with E-state index < -0.39 is 0 Å². The molecule has 0 amide bonds. The summed E-state index contributed by atoms with van der Waals surface area (Å²) in [5.74, 6) is -0.308. The Bertz CT molecular complexity index is 1330. The molecule has 6 rings (SSSR count). The van der Waals surface area contributed by atoms with Gasteiger partial charge in [0.2, 0.25) is 0 Å². The summed E-state index contributed by atoms with van der Waals surface area (Å²) in [7, 11) is 0. The Kier molecular flexibility index (Phi) is 5.70. The van der Waals surface area contributed by atoms with Crippen LogP contribution in [0.2, 0.25) is 0 Å². The summed E-state index contributed by atoms with van der Waals surface area (Å²) in [6, 6.07) is 13.5. The number of pyridine rings is 1. The number of fused-ring (bicyclic) bond motifs is 6. The van der Waals surface area contributed by atoms with Crippen LogP contribution in [0, 0.1) is 5.82 Å². The maximum atomic E-state index is 14.9. The van der Waals surface area contributed by atoms with E-state index in [9.17, 15) is 4.39 Å². The van der Waals surface area contributed by atoms with Crippen molar-refractivity contribution in [2.45, 2.75) is 13.2 Å². The number of nitrogens with zero attached hydrogens (tertiary/aromatic N) is 3. The maximum Gasteiger partial charge on any atom is 0.132 e. The molecule has 0 spiro atoms. The number of rotatable bonds is 1. The summed E-state index contributed by atoms with van der Waals surface area (Å²) >= 11 is 0. The molecule has 174 valence electrons. The van der Waals surface area contributed by atoms with E-state index in [1.807, 2.05) is 12.1 Å². The van der Waals surface area contributed by atoms with E-state index in [2.05, 4.69) is 43.6 Å². The van der Waals surface area contributed by atoms with Gasteiger partial charge in [-0.25, -0.2) is 4.39 Å². The Morgan fingerprint density at radius 3 is 2.79 bits per heavy atom. The third-order valence-electron chi connectivity index (χ3n) is 6.50. The summed E-state index contributed by atoms with van der Waals surface area (Å²) in [5.41, 5.74) is 6.90. The lowest BCUT2D eigenvalue weighted by Gasteiger charge is -2.31. The number of ether oxygens (including phenoxy) is 2. The predicted molar refractivity (Wildman–Crippen MR) is 129 cm³/mol. The molecule has 0 atom stereocenters. The number of morpholine rings is 1. The highest BCUT2D eigenvalue weighted by atomic mass is 19.1. The van der Waals surface area contributed by atoms with Crippen LogP contribution in [0.1, 0.15) is 11.1 Å². The summed E-state index contributed by atoms with van der Waals surface area (Å²) in [6.07, 6.45) is 1.72. The van der Waals surface area contributed by atoms with Gasteiger partial charge in [-0.2, -0.15) is 5.10 Å². The number of hydrogen-bond acceptors (Lipinski definition) is 6. The van der Waals surface area contributed by atoms with Gasteiger partial charge in [-0.3, -0.25) is 10.1 Å². The molecule has 0 aliphatic carbocycles. The van der Waals surface area contributed by atoms with Gasteiger partial charge >= 0.3 is 0 Å². The molecule has 0 radical (unpaired) electrons. The maximum absolute atomic E-state index is 14.9. The number of H-pyrrole nitrogens is 1. The molecule has 2 aliphatic heterocycles. The summed E-state index contributed by atoms with van der Waals surface area (Å²) < 4.78 is 26.4. The fraction of sp³-hybridized carbons (Fsp3) is 0.308. The molecule has 2 aromatic heterocycles. The molecule has 2 aliphatic rings. The quantitative estimate of drug-likeness (QED) is 0.450. The van der Waals surface area contributed by atoms with E-state index in [0.717, 1.165) is 54.0 Å². The van der Waals surface area contributed by atoms with E-state index in [4.69, 9.17) is 9.47 Å². The second kappa shape index (κ2) is 9.13. The second-order valence-electron chi connectivity index (χ2n) is 8.63. The Morgan fingerprint density at radius 2 is 1.88 bits per heavy atom. The van der Waals surface area contributed by atoms with Crippen molar-refractivity contribution >= 4 is 16.6 Å². The van der Waals surface area contributed by atoms with Crippen LogP contribution in [0.5, 0.6) is 0 Å². The Balaban J connectivity index is 1.50. The third-order valence-corrected chi connectivity index (χ3v) is 6.50. The van der Waals surface area contributed by atoms with Gasteiger partial charge < -0.3 is 19.7 Å². The molecule has 4 aromatic rings. The van der Waals surface area contributed by atoms with Crippen LogP contribution in [0.25, 0.3) is 33.4 Å². The average Bonchev–Trinajstić information content (AvgIpc) is 3.29. The normalized spacial score (nSPS) is 16.8. The highest BCUT2D eigenvalue weighted by molar-refractivity contribution is 5.95. The number of aromatic amines is 1. The second-order valence-corrected chi connectivity index (χ2v) is 8.63. The fourth-order valence-electron chi connectivity index (χ4n) is 4.79. The van der Waals surface area contributed by atoms with Crippen LogP contribution in [0.3, 0.4) is 0 Å². The fourth-order valence-corrected chi connectivity index (χ4v) is 4.79. The van der Waals surface area contributed by atoms with Crippen molar-refractivity contribution in [1.29, 1.82) is 0 Å². The standard InChI is InChI=1S/C26H26FN5O2/c27-21-3-1-2-18-16-34-9-6-28-14-19-12-17(4-5-24(19)32-7-10-33-11-8-32)26-20-13-22(25(18)21)29-15-23(20)30-31-26/h1-5,12-13,15,28H,6-11,14,16H2,(H,30,31). The van der Waals surface area contributed by atoms with Gasteiger partial charge in [0.05, 0.1) is 43.8 Å². The summed E-state index contributed by atoms with van der Waals surface area (Å²) in [5, 5.41) is 12.1. The Hall–Kier alpha value is -3.33. The predicted octanol–water partition coefficient (Wildman–Crippen LogP) is 3.89. The van der Waals surface area contributed by atoms with Crippen molar-refractivity contribution in [3.05, 3.63) is 65.6 Å². The van der Waals surface area contributed by atoms with Crippen LogP contribution >= 0.6 is 0 Å². The van der Waals surface area contributed by atoms with Gasteiger partial charge in [-0.15, -0.1) is 0 Å². The Labute approximate surface area is 196 Å². The van der Waals surface area contributed by atoms with Crippen LogP contribution in [-0.2, 0) is 22.6 Å². The minimum absolute atomic E-state index is 0.308. The van der Waals surface area contributed by atoms with Crippen LogP contribution in [0.15, 0.2) is 48.7 Å². The molecule has 2 N–H and O–H groups in total. The topological polar surface area (TPSA) is 75.3 Å². The first-order valence-corrected chi connectivity index (χ1v) is 11.6. The highest BCUT2D eigenvalue weighted by Gasteiger charge is 2.19. The molecule has 4 heterocycles. The van der Waals surface area contributed by atoms with Crippen molar-refractivity contribution in [3.63, 3.8) is 0 Å². The number of nitrogens with one attached hydrogen (secondary N) is 2. The monoisotopic (exact) mass is 459 g/mol. The average molecular weight is 460 g/mol. The minimum Gasteiger partial charge on any atom is -0.378 e. The molecule has 0 saturated carbocycles. The van der Waals surface area contributed by atoms with E-state index in [1.165, 1.54) is 17.3 Å². The molecule has 1 saturated heterocycles. The highest BCUT2D eigenvalue weighted by Crippen LogP contribution is 2.34. The van der Waals surface area contributed by atoms with E-state index in [1.54, 1.807) is 12.3 Å². The van der Waals surface area contributed by atoms with Gasteiger partial charge in [0.25, 0.3) is 0 Å². The van der Waals surface area contributed by atoms with Gasteiger partial charge in [0, 0.05) is 48.4 Å². The first-order chi connectivity index (χ1) is 16.8. The summed E-state index contributed by atoms with van der Waals surface area (Å²) in [4.78, 5) is 6.92. The van der Waals surface area contributed by atoms with Crippen molar-refractivity contribution < 1.29 is 13.9 Å². The molecular weight excluding hydrogens is 433 g/mol. The molecule has 7 nitrogen and oxygen atoms in total. The third kappa shape index (κ3) is 3.94. The Morgan fingerprint density at radius 1 is 0.971 bits per heavy atom. The van der Waals surface area contributed by atoms with E-state index in [0.29, 0.717) is 37.6 Å². The molecular formula is C26H26FN5O2. The zero-order valence-electron chi connectivity index (χ0n) is 18.8. The SMILES string of the molecule is Fc1cccc2c1-c1cc3c(n[nH]c3cn1)-c1ccc(N3CCOCC3)c(c1)CNCCOC2. The molecule has 2 aromatic carbocycles. The van der Waals surface area contributed by atoms with Crippen LogP contribution < -0.4 is 10.2 Å². The molecule has 4 bridgehead atoms. The largest absolute Gasteiger partial charge is 0.378 e. The summed E-state index contributed by atoms with van der Waals surface area (Å²) in [6.45, 7) is 5.47. The van der Waals surface area contributed by atoms with E-state index in [-0.39, 0.29) is 5.82 Å². The van der Waals surface area contributed by atoms with Crippen molar-refractivity contribution in [3.8, 4) is 22.5 Å². The zero-order valence-corrected chi connectivity index (χ0v) is 18.8. The number of aromatic nitrogens is 3. The van der Waals surface area contributed by atoms with Crippen LogP contribution in [-0.4, -0.2) is 54.6 Å². The van der Waals surface area contributed by atoms with E-state index >= 15 is 0 Å². The molecule has 34 heavy (non-hydrogen) atoms. The molecule has 1 fully saturated rings. The lowest BCUT2D eigenvalue weighted by Crippen LogP contribution is -2.37. The zero-order chi connectivity index (χ0) is 22.9. The van der Waals surface area contributed by atoms with Crippen LogP contribution in [0.4, 0.5) is 10.1 Å². The number of hydrogen-bond donors (Lipinski definition) is 2. The number of benzene rings is 2. The lowest BCUT2D eigenvalue weighted by atomic mass is 10.00. The first-order valence-electron chi connectivity index (χ1n) is 11.6. The van der Waals surface area contributed by atoms with Gasteiger partial charge in [0.1, 0.15) is 11.5 Å². The number of halogens is 1. The van der Waals surface area contributed by atoms with Gasteiger partial charge in [0.15, 0.2) is 0 Å². The lowest BCUT2D eigenvalue weighted by molar-refractivity contribution is 0.122. The number of anilines is 1. The van der Waals surface area contributed by atoms with Crippen molar-refractivity contribution in [1.82, 2.24) is 20.5 Å². The van der Waals surface area contributed by atoms with Gasteiger partial charge in [-0.05, 0) is 35.4 Å². The molecule has 8 heteroatoms. The molecule has 0 unspecified atom stereocenters. The van der Waals surface area contributed by atoms with Crippen molar-refractivity contribution in [2.24, 2.45) is 0 Å². The minimum atomic E-state index is -0.308.